The largest absolute Gasteiger partial charge is 0.329 e. The molecule has 0 aliphatic carbocycles. The van der Waals surface area contributed by atoms with Gasteiger partial charge in [-0.05, 0) is 46.4 Å². The lowest BCUT2D eigenvalue weighted by Crippen LogP contribution is -2.38. The summed E-state index contributed by atoms with van der Waals surface area (Å²) in [6.45, 7) is 10.8. The SMILES string of the molecule is CCCCN(C)CCC(CC)NCCN(C)CCN. The summed E-state index contributed by atoms with van der Waals surface area (Å²) >= 11 is 0. The zero-order valence-electron chi connectivity index (χ0n) is 13.6. The van der Waals surface area contributed by atoms with Gasteiger partial charge in [0, 0.05) is 32.2 Å². The number of unbranched alkanes of at least 4 members (excludes halogenated alkanes) is 1. The molecule has 0 heterocycles. The molecule has 1 atom stereocenters. The average Bonchev–Trinajstić information content (AvgIpc) is 2.40. The van der Waals surface area contributed by atoms with Crippen molar-refractivity contribution in [3.63, 3.8) is 0 Å². The van der Waals surface area contributed by atoms with E-state index in [1.807, 2.05) is 0 Å². The summed E-state index contributed by atoms with van der Waals surface area (Å²) in [5.41, 5.74) is 5.54. The van der Waals surface area contributed by atoms with Crippen LogP contribution in [-0.4, -0.2) is 69.2 Å². The maximum atomic E-state index is 5.54. The van der Waals surface area contributed by atoms with Gasteiger partial charge in [-0.25, -0.2) is 0 Å². The van der Waals surface area contributed by atoms with Crippen molar-refractivity contribution in [2.45, 2.75) is 45.6 Å². The molecule has 0 radical (unpaired) electrons. The van der Waals surface area contributed by atoms with E-state index in [2.05, 4.69) is 43.1 Å². The first-order valence-electron chi connectivity index (χ1n) is 7.94. The van der Waals surface area contributed by atoms with E-state index in [1.165, 1.54) is 38.8 Å². The van der Waals surface area contributed by atoms with Crippen LogP contribution in [0.15, 0.2) is 0 Å². The molecule has 0 saturated heterocycles. The molecule has 4 heteroatoms. The van der Waals surface area contributed by atoms with Crippen molar-refractivity contribution < 1.29 is 0 Å². The minimum atomic E-state index is 0.648. The zero-order chi connectivity index (χ0) is 14.5. The fourth-order valence-electron chi connectivity index (χ4n) is 2.16. The Labute approximate surface area is 120 Å². The third-order valence-electron chi connectivity index (χ3n) is 3.68. The Kier molecular flexibility index (Phi) is 12.7. The number of hydrogen-bond donors (Lipinski definition) is 2. The Morgan fingerprint density at radius 3 is 2.26 bits per heavy atom. The zero-order valence-corrected chi connectivity index (χ0v) is 13.6. The van der Waals surface area contributed by atoms with E-state index < -0.39 is 0 Å². The maximum absolute atomic E-state index is 5.54. The molecule has 0 fully saturated rings. The molecule has 0 aromatic heterocycles. The second-order valence-corrected chi connectivity index (χ2v) is 5.60. The summed E-state index contributed by atoms with van der Waals surface area (Å²) < 4.78 is 0. The van der Waals surface area contributed by atoms with Gasteiger partial charge in [0.05, 0.1) is 0 Å². The van der Waals surface area contributed by atoms with Gasteiger partial charge >= 0.3 is 0 Å². The van der Waals surface area contributed by atoms with Gasteiger partial charge in [-0.15, -0.1) is 0 Å². The standard InChI is InChI=1S/C15H36N4/c1-5-7-11-18(3)12-8-15(6-2)17-10-14-19(4)13-9-16/h15,17H,5-14,16H2,1-4H3. The molecule has 1 unspecified atom stereocenters. The highest BCUT2D eigenvalue weighted by Gasteiger charge is 2.07. The number of nitrogens with zero attached hydrogens (tertiary/aromatic N) is 2. The molecule has 3 N–H and O–H groups in total. The van der Waals surface area contributed by atoms with E-state index in [1.54, 1.807) is 0 Å². The molecule has 0 rings (SSSR count). The van der Waals surface area contributed by atoms with Crippen LogP contribution >= 0.6 is 0 Å². The van der Waals surface area contributed by atoms with Crippen LogP contribution < -0.4 is 11.1 Å². The van der Waals surface area contributed by atoms with Gasteiger partial charge in [0.15, 0.2) is 0 Å². The van der Waals surface area contributed by atoms with Crippen LogP contribution in [0.5, 0.6) is 0 Å². The number of nitrogens with one attached hydrogen (secondary N) is 1. The lowest BCUT2D eigenvalue weighted by Gasteiger charge is -2.23. The van der Waals surface area contributed by atoms with Crippen LogP contribution in [0.2, 0.25) is 0 Å². The topological polar surface area (TPSA) is 44.5 Å². The number of rotatable bonds is 13. The second kappa shape index (κ2) is 12.9. The minimum absolute atomic E-state index is 0.648. The van der Waals surface area contributed by atoms with Crippen molar-refractivity contribution in [3.05, 3.63) is 0 Å². The summed E-state index contributed by atoms with van der Waals surface area (Å²) in [6, 6.07) is 0.648. The molecular weight excluding hydrogens is 236 g/mol. The third-order valence-corrected chi connectivity index (χ3v) is 3.68. The lowest BCUT2D eigenvalue weighted by molar-refractivity contribution is 0.288. The molecule has 0 spiro atoms. The fraction of sp³-hybridized carbons (Fsp3) is 1.00. The van der Waals surface area contributed by atoms with Crippen LogP contribution in [0, 0.1) is 0 Å². The Morgan fingerprint density at radius 1 is 1.00 bits per heavy atom. The molecule has 0 aliphatic heterocycles. The molecule has 0 saturated carbocycles. The summed E-state index contributed by atoms with van der Waals surface area (Å²) in [5, 5.41) is 3.66. The molecule has 0 amide bonds. The Bertz CT molecular complexity index is 187. The molecule has 0 aromatic rings. The molecule has 0 aliphatic rings. The number of likely N-dealkylation sites (N-methyl/N-ethyl adjacent to an activating group) is 1. The van der Waals surface area contributed by atoms with Crippen molar-refractivity contribution in [3.8, 4) is 0 Å². The summed E-state index contributed by atoms with van der Waals surface area (Å²) in [4.78, 5) is 4.74. The lowest BCUT2D eigenvalue weighted by atomic mass is 10.1. The normalized spacial score (nSPS) is 13.4. The fourth-order valence-corrected chi connectivity index (χ4v) is 2.16. The van der Waals surface area contributed by atoms with Crippen LogP contribution in [0.25, 0.3) is 0 Å². The molecule has 0 aromatic carbocycles. The maximum Gasteiger partial charge on any atom is 0.0104 e. The first kappa shape index (κ1) is 18.8. The van der Waals surface area contributed by atoms with E-state index >= 15 is 0 Å². The van der Waals surface area contributed by atoms with Crippen LogP contribution in [0.4, 0.5) is 0 Å². The molecule has 4 nitrogen and oxygen atoms in total. The van der Waals surface area contributed by atoms with Gasteiger partial charge < -0.3 is 20.9 Å². The predicted octanol–water partition coefficient (Wildman–Crippen LogP) is 1.37. The van der Waals surface area contributed by atoms with E-state index in [0.717, 1.165) is 26.2 Å². The first-order valence-corrected chi connectivity index (χ1v) is 7.94. The van der Waals surface area contributed by atoms with Crippen LogP contribution in [0.1, 0.15) is 39.5 Å². The van der Waals surface area contributed by atoms with Gasteiger partial charge in [0.2, 0.25) is 0 Å². The first-order chi connectivity index (χ1) is 9.13. The Hall–Kier alpha value is -0.160. The smallest absolute Gasteiger partial charge is 0.0104 e. The van der Waals surface area contributed by atoms with E-state index in [-0.39, 0.29) is 0 Å². The van der Waals surface area contributed by atoms with Crippen molar-refractivity contribution in [2.24, 2.45) is 5.73 Å². The third kappa shape index (κ3) is 11.4. The van der Waals surface area contributed by atoms with Gasteiger partial charge in [-0.1, -0.05) is 20.3 Å². The quantitative estimate of drug-likeness (QED) is 0.531. The molecule has 0 bridgehead atoms. The monoisotopic (exact) mass is 272 g/mol. The predicted molar refractivity (Wildman–Crippen MR) is 85.7 cm³/mol. The highest BCUT2D eigenvalue weighted by Crippen LogP contribution is 2.00. The summed E-state index contributed by atoms with van der Waals surface area (Å²) in [6.07, 6.45) is 5.05. The van der Waals surface area contributed by atoms with Gasteiger partial charge in [0.25, 0.3) is 0 Å². The van der Waals surface area contributed by atoms with E-state index in [0.29, 0.717) is 6.04 Å². The van der Waals surface area contributed by atoms with Crippen LogP contribution in [-0.2, 0) is 0 Å². The van der Waals surface area contributed by atoms with Gasteiger partial charge in [-0.2, -0.15) is 0 Å². The van der Waals surface area contributed by atoms with Crippen LogP contribution in [0.3, 0.4) is 0 Å². The van der Waals surface area contributed by atoms with Crippen molar-refractivity contribution in [1.29, 1.82) is 0 Å². The summed E-state index contributed by atoms with van der Waals surface area (Å²) in [7, 11) is 4.37. The van der Waals surface area contributed by atoms with Gasteiger partial charge in [0.1, 0.15) is 0 Å². The van der Waals surface area contributed by atoms with Crippen molar-refractivity contribution in [1.82, 2.24) is 15.1 Å². The second-order valence-electron chi connectivity index (χ2n) is 5.60. The average molecular weight is 272 g/mol. The minimum Gasteiger partial charge on any atom is -0.329 e. The molecular formula is C15H36N4. The van der Waals surface area contributed by atoms with E-state index in [9.17, 15) is 0 Å². The van der Waals surface area contributed by atoms with Crippen molar-refractivity contribution >= 4 is 0 Å². The molecule has 116 valence electrons. The number of hydrogen-bond acceptors (Lipinski definition) is 4. The van der Waals surface area contributed by atoms with E-state index in [4.69, 9.17) is 5.73 Å². The Balaban J connectivity index is 3.64. The number of nitrogens with two attached hydrogens (primary N) is 1. The summed E-state index contributed by atoms with van der Waals surface area (Å²) in [5.74, 6) is 0. The highest BCUT2D eigenvalue weighted by molar-refractivity contribution is 4.68. The highest BCUT2D eigenvalue weighted by atomic mass is 15.1. The van der Waals surface area contributed by atoms with Gasteiger partial charge in [-0.3, -0.25) is 0 Å². The Morgan fingerprint density at radius 2 is 1.68 bits per heavy atom. The molecule has 19 heavy (non-hydrogen) atoms. The van der Waals surface area contributed by atoms with Crippen molar-refractivity contribution in [2.75, 3.05) is 53.4 Å².